The summed E-state index contributed by atoms with van der Waals surface area (Å²) in [5.74, 6) is -1.49. The molecule has 176 valence electrons. The molecule has 10 heteroatoms. The topological polar surface area (TPSA) is 113 Å². The van der Waals surface area contributed by atoms with E-state index in [-0.39, 0.29) is 17.3 Å². The Kier molecular flexibility index (Phi) is 7.50. The van der Waals surface area contributed by atoms with Crippen LogP contribution in [0.3, 0.4) is 0 Å². The Morgan fingerprint density at radius 3 is 2.30 bits per heavy atom. The highest BCUT2D eigenvalue weighted by Gasteiger charge is 2.40. The predicted molar refractivity (Wildman–Crippen MR) is 122 cm³/mol. The van der Waals surface area contributed by atoms with Crippen molar-refractivity contribution in [1.82, 2.24) is 9.21 Å². The Hall–Kier alpha value is -3.24. The summed E-state index contributed by atoms with van der Waals surface area (Å²) in [6.07, 6.45) is 0.849. The molecule has 1 saturated heterocycles. The van der Waals surface area contributed by atoms with Gasteiger partial charge in [0.25, 0.3) is 11.8 Å². The van der Waals surface area contributed by atoms with Gasteiger partial charge in [0.1, 0.15) is 6.04 Å². The van der Waals surface area contributed by atoms with Gasteiger partial charge in [-0.2, -0.15) is 4.31 Å². The van der Waals surface area contributed by atoms with E-state index in [2.05, 4.69) is 5.32 Å². The van der Waals surface area contributed by atoms with Crippen LogP contribution in [0, 0.1) is 6.92 Å². The van der Waals surface area contributed by atoms with Crippen LogP contribution in [0.1, 0.15) is 28.8 Å². The summed E-state index contributed by atoms with van der Waals surface area (Å²) >= 11 is 0. The summed E-state index contributed by atoms with van der Waals surface area (Å²) in [6, 6.07) is 11.7. The number of hydrogen-bond donors (Lipinski definition) is 1. The number of sulfonamides is 1. The maximum Gasteiger partial charge on any atom is 0.324 e. The first-order chi connectivity index (χ1) is 15.6. The van der Waals surface area contributed by atoms with Crippen molar-refractivity contribution in [2.75, 3.05) is 32.6 Å². The highest BCUT2D eigenvalue weighted by Crippen LogP contribution is 2.27. The van der Waals surface area contributed by atoms with Crippen molar-refractivity contribution < 1.29 is 27.5 Å². The number of ether oxygens (including phenoxy) is 1. The second-order valence-electron chi connectivity index (χ2n) is 8.02. The Labute approximate surface area is 193 Å². The quantitative estimate of drug-likeness (QED) is 0.616. The monoisotopic (exact) mass is 473 g/mol. The lowest BCUT2D eigenvalue weighted by molar-refractivity contribution is -0.150. The van der Waals surface area contributed by atoms with Crippen molar-refractivity contribution in [3.63, 3.8) is 0 Å². The molecule has 0 bridgehead atoms. The fourth-order valence-corrected chi connectivity index (χ4v) is 5.14. The minimum atomic E-state index is -3.85. The van der Waals surface area contributed by atoms with Crippen LogP contribution in [0.25, 0.3) is 0 Å². The third-order valence-electron chi connectivity index (χ3n) is 5.27. The Morgan fingerprint density at radius 1 is 1.06 bits per heavy atom. The highest BCUT2D eigenvalue weighted by molar-refractivity contribution is 7.89. The Balaban J connectivity index is 1.58. The minimum Gasteiger partial charge on any atom is -0.454 e. The number of anilines is 1. The molecule has 1 heterocycles. The van der Waals surface area contributed by atoms with E-state index in [1.807, 2.05) is 6.92 Å². The lowest BCUT2D eigenvalue weighted by atomic mass is 10.2. The zero-order valence-corrected chi connectivity index (χ0v) is 19.6. The molecule has 1 aliphatic rings. The van der Waals surface area contributed by atoms with Crippen LogP contribution < -0.4 is 5.32 Å². The predicted octanol–water partition coefficient (Wildman–Crippen LogP) is 2.03. The van der Waals surface area contributed by atoms with Crippen molar-refractivity contribution in [2.24, 2.45) is 0 Å². The van der Waals surface area contributed by atoms with Crippen LogP contribution >= 0.6 is 0 Å². The number of esters is 1. The molecule has 0 radical (unpaired) electrons. The standard InChI is InChI=1S/C23H27N3O6S/c1-16-6-12-19(13-7-16)33(30,31)26-14-4-5-20(26)23(29)32-15-21(27)24-18-10-8-17(9-11-18)22(28)25(2)3/h6-13,20H,4-5,14-15H2,1-3H3,(H,24,27). The Bertz CT molecular complexity index is 1130. The number of nitrogens with zero attached hydrogens (tertiary/aromatic N) is 2. The van der Waals surface area contributed by atoms with Crippen molar-refractivity contribution in [2.45, 2.75) is 30.7 Å². The second-order valence-corrected chi connectivity index (χ2v) is 9.91. The van der Waals surface area contributed by atoms with Crippen LogP contribution in [0.15, 0.2) is 53.4 Å². The molecule has 2 amide bonds. The number of nitrogens with one attached hydrogen (secondary N) is 1. The molecule has 1 N–H and O–H groups in total. The summed E-state index contributed by atoms with van der Waals surface area (Å²) in [5.41, 5.74) is 1.84. The van der Waals surface area contributed by atoms with Gasteiger partial charge in [-0.3, -0.25) is 14.4 Å². The number of amides is 2. The van der Waals surface area contributed by atoms with Crippen molar-refractivity contribution in [1.29, 1.82) is 0 Å². The summed E-state index contributed by atoms with van der Waals surface area (Å²) in [5, 5.41) is 2.58. The molecular weight excluding hydrogens is 446 g/mol. The van der Waals surface area contributed by atoms with E-state index >= 15 is 0 Å². The van der Waals surface area contributed by atoms with Gasteiger partial charge in [0.2, 0.25) is 10.0 Å². The maximum absolute atomic E-state index is 13.0. The molecule has 2 aromatic carbocycles. The van der Waals surface area contributed by atoms with E-state index in [9.17, 15) is 22.8 Å². The van der Waals surface area contributed by atoms with Crippen LogP contribution in [0.2, 0.25) is 0 Å². The lowest BCUT2D eigenvalue weighted by Crippen LogP contribution is -2.42. The average Bonchev–Trinajstić information content (AvgIpc) is 3.29. The molecule has 9 nitrogen and oxygen atoms in total. The minimum absolute atomic E-state index is 0.113. The van der Waals surface area contributed by atoms with E-state index in [0.29, 0.717) is 24.1 Å². The molecule has 0 aliphatic carbocycles. The zero-order valence-electron chi connectivity index (χ0n) is 18.8. The maximum atomic E-state index is 13.0. The van der Waals surface area contributed by atoms with Gasteiger partial charge in [-0.1, -0.05) is 17.7 Å². The van der Waals surface area contributed by atoms with Crippen molar-refractivity contribution >= 4 is 33.5 Å². The van der Waals surface area contributed by atoms with Gasteiger partial charge in [0, 0.05) is 31.9 Å². The number of benzene rings is 2. The van der Waals surface area contributed by atoms with Gasteiger partial charge in [-0.05, 0) is 56.2 Å². The molecule has 33 heavy (non-hydrogen) atoms. The van der Waals surface area contributed by atoms with Crippen molar-refractivity contribution in [3.05, 3.63) is 59.7 Å². The molecule has 1 atom stereocenters. The van der Waals surface area contributed by atoms with Crippen LogP contribution in [-0.4, -0.2) is 68.7 Å². The number of carbonyl (C=O) groups is 3. The lowest BCUT2D eigenvalue weighted by Gasteiger charge is -2.22. The van der Waals surface area contributed by atoms with Crippen LogP contribution in [0.4, 0.5) is 5.69 Å². The average molecular weight is 474 g/mol. The van der Waals surface area contributed by atoms with Gasteiger partial charge >= 0.3 is 5.97 Å². The van der Waals surface area contributed by atoms with Gasteiger partial charge < -0.3 is 15.0 Å². The zero-order chi connectivity index (χ0) is 24.2. The summed E-state index contributed by atoms with van der Waals surface area (Å²) in [7, 11) is -0.568. The Morgan fingerprint density at radius 2 is 1.70 bits per heavy atom. The summed E-state index contributed by atoms with van der Waals surface area (Å²) in [6.45, 7) is 1.52. The van der Waals surface area contributed by atoms with E-state index in [1.54, 1.807) is 50.5 Å². The van der Waals surface area contributed by atoms with Gasteiger partial charge in [-0.25, -0.2) is 8.42 Å². The molecule has 0 aromatic heterocycles. The van der Waals surface area contributed by atoms with E-state index in [0.717, 1.165) is 9.87 Å². The second kappa shape index (κ2) is 10.1. The molecule has 2 aromatic rings. The normalized spacial score (nSPS) is 16.3. The summed E-state index contributed by atoms with van der Waals surface area (Å²) in [4.78, 5) is 38.2. The smallest absolute Gasteiger partial charge is 0.324 e. The van der Waals surface area contributed by atoms with Crippen molar-refractivity contribution in [3.8, 4) is 0 Å². The van der Waals surface area contributed by atoms with Gasteiger partial charge in [-0.15, -0.1) is 0 Å². The number of carbonyl (C=O) groups excluding carboxylic acids is 3. The third kappa shape index (κ3) is 5.77. The largest absolute Gasteiger partial charge is 0.454 e. The van der Waals surface area contributed by atoms with Crippen LogP contribution in [-0.2, 0) is 24.3 Å². The van der Waals surface area contributed by atoms with E-state index < -0.39 is 34.5 Å². The number of rotatable bonds is 7. The molecule has 0 spiro atoms. The van der Waals surface area contributed by atoms with Crippen LogP contribution in [0.5, 0.6) is 0 Å². The first-order valence-corrected chi connectivity index (χ1v) is 11.9. The fraction of sp³-hybridized carbons (Fsp3) is 0.348. The first-order valence-electron chi connectivity index (χ1n) is 10.5. The van der Waals surface area contributed by atoms with Gasteiger partial charge in [0.15, 0.2) is 6.61 Å². The van der Waals surface area contributed by atoms with Gasteiger partial charge in [0.05, 0.1) is 4.90 Å². The molecule has 1 fully saturated rings. The fourth-order valence-electron chi connectivity index (χ4n) is 3.49. The highest BCUT2D eigenvalue weighted by atomic mass is 32.2. The molecule has 0 saturated carbocycles. The number of hydrogen-bond acceptors (Lipinski definition) is 6. The summed E-state index contributed by atoms with van der Waals surface area (Å²) < 4.78 is 32.2. The van der Waals surface area contributed by atoms with E-state index in [4.69, 9.17) is 4.74 Å². The molecular formula is C23H27N3O6S. The third-order valence-corrected chi connectivity index (χ3v) is 7.19. The molecule has 3 rings (SSSR count). The SMILES string of the molecule is Cc1ccc(S(=O)(=O)N2CCCC2C(=O)OCC(=O)Nc2ccc(C(=O)N(C)C)cc2)cc1. The number of aryl methyl sites for hydroxylation is 1. The van der Waals surface area contributed by atoms with E-state index in [1.165, 1.54) is 17.0 Å². The first kappa shape index (κ1) is 24.4. The molecule has 1 aliphatic heterocycles. The molecule has 1 unspecified atom stereocenters.